The van der Waals surface area contributed by atoms with Gasteiger partial charge in [0.2, 0.25) is 0 Å². The Hall–Kier alpha value is -3.08. The summed E-state index contributed by atoms with van der Waals surface area (Å²) in [5.74, 6) is 0. The van der Waals surface area contributed by atoms with Crippen LogP contribution in [0.1, 0.15) is 11.1 Å². The van der Waals surface area contributed by atoms with E-state index in [4.69, 9.17) is 21.7 Å². The van der Waals surface area contributed by atoms with Gasteiger partial charge in [-0.15, -0.1) is 0 Å². The van der Waals surface area contributed by atoms with E-state index >= 15 is 0 Å². The summed E-state index contributed by atoms with van der Waals surface area (Å²) < 4.78 is 0. The van der Waals surface area contributed by atoms with Crippen LogP contribution < -0.4 is 11.5 Å². The average Bonchev–Trinajstić information content (AvgIpc) is 2.70. The van der Waals surface area contributed by atoms with Crippen LogP contribution in [0.15, 0.2) is 84.9 Å². The van der Waals surface area contributed by atoms with Crippen LogP contribution in [0.4, 0.5) is 11.4 Å². The number of aliphatic hydroxyl groups excluding tert-OH is 1. The molecule has 3 aromatic rings. The Morgan fingerprint density at radius 2 is 1.27 bits per heavy atom. The number of hydrogen-bond donors (Lipinski definition) is 3. The molecule has 0 aromatic heterocycles. The van der Waals surface area contributed by atoms with Crippen LogP contribution in [0.5, 0.6) is 0 Å². The first kappa shape index (κ1) is 21.0. The molecule has 0 aliphatic rings. The number of rotatable bonds is 3. The van der Waals surface area contributed by atoms with Crippen molar-refractivity contribution in [2.75, 3.05) is 24.7 Å². The summed E-state index contributed by atoms with van der Waals surface area (Å²) in [6, 6.07) is 27.6. The van der Waals surface area contributed by atoms with Gasteiger partial charge in [-0.3, -0.25) is 0 Å². The Morgan fingerprint density at radius 1 is 0.769 bits per heavy atom. The SMILES string of the molecule is Nc1ccc(C=Cc2ccccc2)c(N)c1.[O]CCO.c1ccccc1. The molecule has 0 heterocycles. The second kappa shape index (κ2) is 13.2. The van der Waals surface area contributed by atoms with Crippen molar-refractivity contribution < 1.29 is 10.2 Å². The summed E-state index contributed by atoms with van der Waals surface area (Å²) in [6.07, 6.45) is 4.02. The molecule has 3 aromatic carbocycles. The van der Waals surface area contributed by atoms with Gasteiger partial charge in [-0.25, -0.2) is 5.11 Å². The highest BCUT2D eigenvalue weighted by Crippen LogP contribution is 2.18. The molecule has 0 spiro atoms. The van der Waals surface area contributed by atoms with Gasteiger partial charge in [0.05, 0.1) is 6.61 Å². The van der Waals surface area contributed by atoms with Crippen LogP contribution in [0.3, 0.4) is 0 Å². The Kier molecular flexibility index (Phi) is 10.7. The van der Waals surface area contributed by atoms with E-state index in [0.29, 0.717) is 11.4 Å². The molecule has 0 fully saturated rings. The fourth-order valence-electron chi connectivity index (χ4n) is 1.88. The van der Waals surface area contributed by atoms with Crippen LogP contribution >= 0.6 is 0 Å². The van der Waals surface area contributed by atoms with Crippen LogP contribution in [0.2, 0.25) is 0 Å². The zero-order chi connectivity index (χ0) is 19.0. The van der Waals surface area contributed by atoms with Crippen molar-refractivity contribution in [1.29, 1.82) is 0 Å². The molecular weight excluding hydrogens is 324 g/mol. The van der Waals surface area contributed by atoms with Crippen molar-refractivity contribution in [3.63, 3.8) is 0 Å². The molecule has 0 aliphatic carbocycles. The normalized spacial score (nSPS) is 9.62. The van der Waals surface area contributed by atoms with Crippen LogP contribution in [0, 0.1) is 0 Å². The van der Waals surface area contributed by atoms with Gasteiger partial charge in [-0.2, -0.15) is 0 Å². The molecule has 0 saturated carbocycles. The molecule has 0 unspecified atom stereocenters. The number of nitrogens with two attached hydrogens (primary N) is 2. The molecule has 4 nitrogen and oxygen atoms in total. The van der Waals surface area contributed by atoms with E-state index in [1.165, 1.54) is 0 Å². The molecule has 1 radical (unpaired) electrons. The van der Waals surface area contributed by atoms with E-state index in [2.05, 4.69) is 0 Å². The maximum Gasteiger partial charge on any atom is 0.105 e. The smallest absolute Gasteiger partial charge is 0.105 e. The van der Waals surface area contributed by atoms with Crippen LogP contribution in [-0.2, 0) is 5.11 Å². The van der Waals surface area contributed by atoms with Crippen LogP contribution in [0.25, 0.3) is 12.2 Å². The van der Waals surface area contributed by atoms with E-state index < -0.39 is 0 Å². The number of benzene rings is 3. The summed E-state index contributed by atoms with van der Waals surface area (Å²) in [6.45, 7) is -0.611. The molecule has 0 amide bonds. The minimum atomic E-state index is -0.375. The second-order valence-electron chi connectivity index (χ2n) is 5.21. The Labute approximate surface area is 155 Å². The molecule has 0 aliphatic heterocycles. The molecule has 5 N–H and O–H groups in total. The van der Waals surface area contributed by atoms with Gasteiger partial charge in [0.25, 0.3) is 0 Å². The van der Waals surface area contributed by atoms with Gasteiger partial charge in [0.1, 0.15) is 6.61 Å². The number of hydrogen-bond acceptors (Lipinski definition) is 3. The fourth-order valence-corrected chi connectivity index (χ4v) is 1.88. The van der Waals surface area contributed by atoms with Crippen molar-refractivity contribution in [3.8, 4) is 0 Å². The van der Waals surface area contributed by atoms with Crippen LogP contribution in [-0.4, -0.2) is 18.3 Å². The predicted octanol–water partition coefficient (Wildman–Crippen LogP) is 4.12. The van der Waals surface area contributed by atoms with Gasteiger partial charge in [0, 0.05) is 11.4 Å². The second-order valence-corrected chi connectivity index (χ2v) is 5.21. The zero-order valence-electron chi connectivity index (χ0n) is 14.7. The molecule has 4 heteroatoms. The highest BCUT2D eigenvalue weighted by atomic mass is 16.3. The molecule has 135 valence electrons. The standard InChI is InChI=1S/C14H14N2.C6H6.C2H5O2/c15-13-9-8-12(14(16)10-13)7-6-11-4-2-1-3-5-11;1-2-4-6-5-3-1;3-1-2-4/h1-10H,15-16H2;1-6H;3H,1-2H2. The van der Waals surface area contributed by atoms with Gasteiger partial charge < -0.3 is 16.6 Å². The first-order valence-corrected chi connectivity index (χ1v) is 8.24. The lowest BCUT2D eigenvalue weighted by Crippen LogP contribution is -1.92. The molecule has 0 bridgehead atoms. The molecule has 26 heavy (non-hydrogen) atoms. The Balaban J connectivity index is 0.000000278. The van der Waals surface area contributed by atoms with Crippen molar-refractivity contribution in [1.82, 2.24) is 0 Å². The van der Waals surface area contributed by atoms with Crippen molar-refractivity contribution in [2.24, 2.45) is 0 Å². The van der Waals surface area contributed by atoms with E-state index in [1.54, 1.807) is 6.07 Å². The zero-order valence-corrected chi connectivity index (χ0v) is 14.7. The minimum absolute atomic E-state index is 0.236. The van der Waals surface area contributed by atoms with Crippen molar-refractivity contribution in [2.45, 2.75) is 0 Å². The summed E-state index contributed by atoms with van der Waals surface area (Å²) in [5, 5.41) is 16.6. The Morgan fingerprint density at radius 3 is 1.73 bits per heavy atom. The van der Waals surface area contributed by atoms with E-state index in [0.717, 1.165) is 11.1 Å². The number of aliphatic hydroxyl groups is 1. The largest absolute Gasteiger partial charge is 0.399 e. The first-order chi connectivity index (χ1) is 12.7. The van der Waals surface area contributed by atoms with Gasteiger partial charge >= 0.3 is 0 Å². The van der Waals surface area contributed by atoms with E-state index in [9.17, 15) is 0 Å². The maximum atomic E-state index is 9.05. The van der Waals surface area contributed by atoms with E-state index in [1.807, 2.05) is 91.0 Å². The maximum absolute atomic E-state index is 9.05. The third kappa shape index (κ3) is 9.27. The van der Waals surface area contributed by atoms with Gasteiger partial charge in [-0.1, -0.05) is 84.9 Å². The number of nitrogen functional groups attached to an aromatic ring is 2. The quantitative estimate of drug-likeness (QED) is 0.490. The first-order valence-electron chi connectivity index (χ1n) is 8.24. The lowest BCUT2D eigenvalue weighted by Gasteiger charge is -2.01. The predicted molar refractivity (Wildman–Crippen MR) is 110 cm³/mol. The molecule has 0 saturated heterocycles. The number of anilines is 2. The monoisotopic (exact) mass is 349 g/mol. The highest BCUT2D eigenvalue weighted by molar-refractivity contribution is 5.77. The summed E-state index contributed by atoms with van der Waals surface area (Å²) in [7, 11) is 0. The third-order valence-electron chi connectivity index (χ3n) is 3.12. The highest BCUT2D eigenvalue weighted by Gasteiger charge is 1.94. The van der Waals surface area contributed by atoms with Gasteiger partial charge in [-0.05, 0) is 23.3 Å². The summed E-state index contributed by atoms with van der Waals surface area (Å²) >= 11 is 0. The summed E-state index contributed by atoms with van der Waals surface area (Å²) in [4.78, 5) is 0. The summed E-state index contributed by atoms with van der Waals surface area (Å²) in [5.41, 5.74) is 15.0. The van der Waals surface area contributed by atoms with Gasteiger partial charge in [0.15, 0.2) is 0 Å². The topological polar surface area (TPSA) is 92.2 Å². The fraction of sp³-hybridized carbons (Fsp3) is 0.0909. The lowest BCUT2D eigenvalue weighted by molar-refractivity contribution is 0.127. The van der Waals surface area contributed by atoms with Crippen molar-refractivity contribution in [3.05, 3.63) is 96.1 Å². The van der Waals surface area contributed by atoms with E-state index in [-0.39, 0.29) is 13.2 Å². The van der Waals surface area contributed by atoms with Crippen molar-refractivity contribution >= 4 is 23.5 Å². The average molecular weight is 349 g/mol. The molecule has 3 rings (SSSR count). The molecular formula is C22H25N2O2. The minimum Gasteiger partial charge on any atom is -0.399 e. The molecule has 0 atom stereocenters. The lowest BCUT2D eigenvalue weighted by atomic mass is 10.1. The third-order valence-corrected chi connectivity index (χ3v) is 3.12. The Bertz CT molecular complexity index is 716.